The Morgan fingerprint density at radius 2 is 2.05 bits per heavy atom. The molecule has 6 nitrogen and oxygen atoms in total. The van der Waals surface area contributed by atoms with Crippen molar-refractivity contribution in [2.45, 2.75) is 38.6 Å². The first-order valence-electron chi connectivity index (χ1n) is 7.61. The molecule has 2 rings (SSSR count). The minimum Gasteiger partial charge on any atom is -0.481 e. The van der Waals surface area contributed by atoms with Gasteiger partial charge in [0.25, 0.3) is 0 Å². The summed E-state index contributed by atoms with van der Waals surface area (Å²) in [6, 6.07) is 0.499. The molecule has 2 amide bonds. The van der Waals surface area contributed by atoms with Crippen LogP contribution in [0, 0.1) is 0 Å². The summed E-state index contributed by atoms with van der Waals surface area (Å²) >= 11 is 0. The fraction of sp³-hybridized carbons (Fsp3) is 0.857. The molecule has 0 aromatic carbocycles. The van der Waals surface area contributed by atoms with Gasteiger partial charge in [0.15, 0.2) is 0 Å². The summed E-state index contributed by atoms with van der Waals surface area (Å²) in [5, 5.41) is 8.75. The third-order valence-electron chi connectivity index (χ3n) is 4.36. The van der Waals surface area contributed by atoms with E-state index in [1.165, 1.54) is 19.3 Å². The van der Waals surface area contributed by atoms with Gasteiger partial charge in [-0.2, -0.15) is 0 Å². The number of nitrogens with zero attached hydrogens (tertiary/aromatic N) is 3. The number of amides is 2. The summed E-state index contributed by atoms with van der Waals surface area (Å²) in [6.07, 6.45) is 3.71. The first-order valence-corrected chi connectivity index (χ1v) is 7.61. The zero-order chi connectivity index (χ0) is 14.5. The van der Waals surface area contributed by atoms with Crippen LogP contribution < -0.4 is 0 Å². The molecule has 2 fully saturated rings. The Bertz CT molecular complexity index is 362. The number of carboxylic acid groups (broad SMARTS) is 1. The molecule has 2 saturated heterocycles. The van der Waals surface area contributed by atoms with E-state index in [1.807, 2.05) is 11.8 Å². The molecular formula is C14H25N3O3. The summed E-state index contributed by atoms with van der Waals surface area (Å²) in [5.74, 6) is -0.853. The Balaban J connectivity index is 1.89. The van der Waals surface area contributed by atoms with Crippen LogP contribution in [-0.4, -0.2) is 77.1 Å². The van der Waals surface area contributed by atoms with Crippen molar-refractivity contribution >= 4 is 12.0 Å². The molecule has 1 atom stereocenters. The van der Waals surface area contributed by atoms with Gasteiger partial charge in [0.1, 0.15) is 0 Å². The third-order valence-corrected chi connectivity index (χ3v) is 4.36. The molecule has 0 bridgehead atoms. The van der Waals surface area contributed by atoms with Gasteiger partial charge in [-0.3, -0.25) is 9.69 Å². The molecule has 1 unspecified atom stereocenters. The highest BCUT2D eigenvalue weighted by atomic mass is 16.4. The van der Waals surface area contributed by atoms with E-state index >= 15 is 0 Å². The molecule has 2 heterocycles. The van der Waals surface area contributed by atoms with Crippen LogP contribution in [0.4, 0.5) is 4.79 Å². The minimum absolute atomic E-state index is 0.000950. The monoisotopic (exact) mass is 283 g/mol. The van der Waals surface area contributed by atoms with E-state index < -0.39 is 5.97 Å². The van der Waals surface area contributed by atoms with Gasteiger partial charge in [0.05, 0.1) is 6.42 Å². The van der Waals surface area contributed by atoms with Crippen LogP contribution in [0.25, 0.3) is 0 Å². The second-order valence-corrected chi connectivity index (χ2v) is 5.64. The Hall–Kier alpha value is -1.30. The number of carboxylic acids is 1. The first kappa shape index (κ1) is 15.1. The molecule has 0 saturated carbocycles. The predicted molar refractivity (Wildman–Crippen MR) is 75.7 cm³/mol. The number of hydrogen-bond acceptors (Lipinski definition) is 3. The number of carbonyl (C=O) groups is 2. The van der Waals surface area contributed by atoms with Crippen LogP contribution in [0.2, 0.25) is 0 Å². The lowest BCUT2D eigenvalue weighted by Crippen LogP contribution is -2.58. The molecule has 0 aromatic heterocycles. The van der Waals surface area contributed by atoms with Gasteiger partial charge in [0.2, 0.25) is 0 Å². The van der Waals surface area contributed by atoms with Crippen LogP contribution in [0.3, 0.4) is 0 Å². The fourth-order valence-electron chi connectivity index (χ4n) is 3.15. The van der Waals surface area contributed by atoms with Gasteiger partial charge in [-0.15, -0.1) is 0 Å². The van der Waals surface area contributed by atoms with Gasteiger partial charge >= 0.3 is 12.0 Å². The number of urea groups is 1. The van der Waals surface area contributed by atoms with Crippen LogP contribution in [0.5, 0.6) is 0 Å². The molecule has 6 heteroatoms. The molecule has 0 radical (unpaired) electrons. The summed E-state index contributed by atoms with van der Waals surface area (Å²) in [5.41, 5.74) is 0. The highest BCUT2D eigenvalue weighted by Gasteiger charge is 2.32. The van der Waals surface area contributed by atoms with Gasteiger partial charge in [-0.25, -0.2) is 4.79 Å². The summed E-state index contributed by atoms with van der Waals surface area (Å²) < 4.78 is 0. The number of piperazine rings is 1. The quantitative estimate of drug-likeness (QED) is 0.838. The van der Waals surface area contributed by atoms with Crippen LogP contribution in [0.15, 0.2) is 0 Å². The molecular weight excluding hydrogens is 258 g/mol. The number of piperidine rings is 1. The van der Waals surface area contributed by atoms with Crippen molar-refractivity contribution in [1.29, 1.82) is 0 Å². The van der Waals surface area contributed by atoms with Crippen molar-refractivity contribution in [3.05, 3.63) is 0 Å². The number of hydrogen-bond donors (Lipinski definition) is 1. The Morgan fingerprint density at radius 3 is 2.75 bits per heavy atom. The van der Waals surface area contributed by atoms with E-state index in [0.717, 1.165) is 26.2 Å². The van der Waals surface area contributed by atoms with E-state index in [2.05, 4.69) is 4.90 Å². The van der Waals surface area contributed by atoms with Crippen LogP contribution in [0.1, 0.15) is 32.6 Å². The molecule has 0 aromatic rings. The fourth-order valence-corrected chi connectivity index (χ4v) is 3.15. The van der Waals surface area contributed by atoms with Crippen LogP contribution >= 0.6 is 0 Å². The Labute approximate surface area is 120 Å². The minimum atomic E-state index is -0.853. The third kappa shape index (κ3) is 3.62. The van der Waals surface area contributed by atoms with E-state index in [1.54, 1.807) is 4.90 Å². The summed E-state index contributed by atoms with van der Waals surface area (Å²) in [7, 11) is 0. The average molecular weight is 283 g/mol. The van der Waals surface area contributed by atoms with E-state index in [0.29, 0.717) is 19.1 Å². The SMILES string of the molecule is CCN(CCC(=O)O)C(=O)N1CCN2CCCCC2C1. The van der Waals surface area contributed by atoms with Crippen molar-refractivity contribution in [3.63, 3.8) is 0 Å². The number of rotatable bonds is 4. The predicted octanol–water partition coefficient (Wildman–Crippen LogP) is 1.07. The van der Waals surface area contributed by atoms with Crippen LogP contribution in [-0.2, 0) is 4.79 Å². The summed E-state index contributed by atoms with van der Waals surface area (Å²) in [4.78, 5) is 29.1. The van der Waals surface area contributed by atoms with Gasteiger partial charge in [0, 0.05) is 38.8 Å². The highest BCUT2D eigenvalue weighted by molar-refractivity contribution is 5.75. The van der Waals surface area contributed by atoms with E-state index in [9.17, 15) is 9.59 Å². The van der Waals surface area contributed by atoms with Gasteiger partial charge in [-0.1, -0.05) is 6.42 Å². The van der Waals surface area contributed by atoms with Crippen molar-refractivity contribution in [1.82, 2.24) is 14.7 Å². The van der Waals surface area contributed by atoms with Gasteiger partial charge in [-0.05, 0) is 26.3 Å². The van der Waals surface area contributed by atoms with E-state index in [-0.39, 0.29) is 12.5 Å². The molecule has 2 aliphatic rings. The van der Waals surface area contributed by atoms with Crippen molar-refractivity contribution in [3.8, 4) is 0 Å². The Kier molecular flexibility index (Phi) is 5.23. The van der Waals surface area contributed by atoms with Crippen molar-refractivity contribution < 1.29 is 14.7 Å². The molecule has 2 aliphatic heterocycles. The Morgan fingerprint density at radius 1 is 1.25 bits per heavy atom. The zero-order valence-corrected chi connectivity index (χ0v) is 12.3. The lowest BCUT2D eigenvalue weighted by Gasteiger charge is -2.45. The molecule has 0 spiro atoms. The lowest BCUT2D eigenvalue weighted by molar-refractivity contribution is -0.137. The topological polar surface area (TPSA) is 64.1 Å². The second-order valence-electron chi connectivity index (χ2n) is 5.64. The second kappa shape index (κ2) is 6.92. The maximum Gasteiger partial charge on any atom is 0.320 e. The number of fused-ring (bicyclic) bond motifs is 1. The van der Waals surface area contributed by atoms with Crippen molar-refractivity contribution in [2.24, 2.45) is 0 Å². The maximum atomic E-state index is 12.5. The normalized spacial score (nSPS) is 23.2. The van der Waals surface area contributed by atoms with E-state index in [4.69, 9.17) is 5.11 Å². The molecule has 0 aliphatic carbocycles. The smallest absolute Gasteiger partial charge is 0.320 e. The highest BCUT2D eigenvalue weighted by Crippen LogP contribution is 2.21. The number of aliphatic carboxylic acids is 1. The van der Waals surface area contributed by atoms with Crippen molar-refractivity contribution in [2.75, 3.05) is 39.3 Å². The number of carbonyl (C=O) groups excluding carboxylic acids is 1. The zero-order valence-electron chi connectivity index (χ0n) is 12.3. The maximum absolute atomic E-state index is 12.5. The largest absolute Gasteiger partial charge is 0.481 e. The molecule has 20 heavy (non-hydrogen) atoms. The van der Waals surface area contributed by atoms with Gasteiger partial charge < -0.3 is 14.9 Å². The average Bonchev–Trinajstić information content (AvgIpc) is 2.47. The summed E-state index contributed by atoms with van der Waals surface area (Å²) in [6.45, 7) is 6.43. The molecule has 114 valence electrons. The standard InChI is InChI=1S/C14H25N3O3/c1-2-15(8-6-13(18)19)14(20)17-10-9-16-7-4-3-5-12(16)11-17/h12H,2-11H2,1H3,(H,18,19). The first-order chi connectivity index (χ1) is 9.61. The lowest BCUT2D eigenvalue weighted by atomic mass is 10.00. The molecule has 1 N–H and O–H groups in total.